The molecule has 2 aromatic carbocycles. The summed E-state index contributed by atoms with van der Waals surface area (Å²) in [5.41, 5.74) is 6.08. The van der Waals surface area contributed by atoms with Crippen LogP contribution in [-0.4, -0.2) is 47.7 Å². The number of methoxy groups -OCH3 is 2. The molecule has 36 heavy (non-hydrogen) atoms. The molecule has 2 N–H and O–H groups in total. The lowest BCUT2D eigenvalue weighted by molar-refractivity contribution is -0.123. The van der Waals surface area contributed by atoms with Crippen molar-refractivity contribution in [1.29, 1.82) is 0 Å². The molecule has 0 aromatic heterocycles. The van der Waals surface area contributed by atoms with Gasteiger partial charge in [0.1, 0.15) is 4.32 Å². The fourth-order valence-corrected chi connectivity index (χ4v) is 5.19. The lowest BCUT2D eigenvalue weighted by Gasteiger charge is -2.14. The maximum Gasteiger partial charge on any atom is 0.270 e. The fraction of sp³-hybridized carbons (Fsp3) is 0.280. The van der Waals surface area contributed by atoms with E-state index in [1.807, 2.05) is 6.07 Å². The van der Waals surface area contributed by atoms with Crippen molar-refractivity contribution in [2.24, 2.45) is 0 Å². The monoisotopic (exact) mass is 591 g/mol. The first kappa shape index (κ1) is 27.7. The van der Waals surface area contributed by atoms with Crippen LogP contribution in [0.25, 0.3) is 6.08 Å². The van der Waals surface area contributed by atoms with Crippen molar-refractivity contribution >= 4 is 68.0 Å². The lowest BCUT2D eigenvalue weighted by atomic mass is 10.1. The van der Waals surface area contributed by atoms with Gasteiger partial charge in [0.25, 0.3) is 11.8 Å². The SMILES string of the molecule is COc1ccc(/C=C2\SC(=S)N(CCCCCC(=O)NNC(=O)c3ccccc3Br)C2=O)cc1OC. The number of unbranched alkanes of at least 4 members (excludes halogenated alkanes) is 2. The molecule has 2 aromatic rings. The van der Waals surface area contributed by atoms with Crippen molar-refractivity contribution in [2.75, 3.05) is 20.8 Å². The van der Waals surface area contributed by atoms with Gasteiger partial charge in [-0.15, -0.1) is 0 Å². The molecule has 1 fully saturated rings. The molecule has 0 saturated carbocycles. The third kappa shape index (κ3) is 7.31. The summed E-state index contributed by atoms with van der Waals surface area (Å²) < 4.78 is 11.7. The van der Waals surface area contributed by atoms with E-state index >= 15 is 0 Å². The first-order chi connectivity index (χ1) is 17.3. The molecule has 1 aliphatic rings. The highest BCUT2D eigenvalue weighted by Crippen LogP contribution is 2.34. The Morgan fingerprint density at radius 2 is 1.81 bits per heavy atom. The molecule has 3 amide bonds. The van der Waals surface area contributed by atoms with Gasteiger partial charge in [0.05, 0.1) is 24.7 Å². The predicted octanol–water partition coefficient (Wildman–Crippen LogP) is 4.69. The summed E-state index contributed by atoms with van der Waals surface area (Å²) in [6.45, 7) is 0.480. The van der Waals surface area contributed by atoms with Gasteiger partial charge in [-0.25, -0.2) is 0 Å². The third-order valence-corrected chi connectivity index (χ3v) is 7.37. The number of thioether (sulfide) groups is 1. The van der Waals surface area contributed by atoms with E-state index < -0.39 is 5.91 Å². The zero-order valence-corrected chi connectivity index (χ0v) is 23.1. The van der Waals surface area contributed by atoms with Gasteiger partial charge in [-0.3, -0.25) is 30.1 Å². The van der Waals surface area contributed by atoms with E-state index in [0.717, 1.165) is 12.0 Å². The van der Waals surface area contributed by atoms with Crippen LogP contribution in [0, 0.1) is 0 Å². The summed E-state index contributed by atoms with van der Waals surface area (Å²) in [4.78, 5) is 39.2. The van der Waals surface area contributed by atoms with Gasteiger partial charge in [-0.1, -0.05) is 48.6 Å². The number of ether oxygens (including phenoxy) is 2. The van der Waals surface area contributed by atoms with Gasteiger partial charge in [0, 0.05) is 17.4 Å². The number of nitrogens with zero attached hydrogens (tertiary/aromatic N) is 1. The highest BCUT2D eigenvalue weighted by molar-refractivity contribution is 9.10. The van der Waals surface area contributed by atoms with Crippen molar-refractivity contribution in [1.82, 2.24) is 15.8 Å². The summed E-state index contributed by atoms with van der Waals surface area (Å²) in [6.07, 6.45) is 4.10. The average molecular weight is 593 g/mol. The Kier molecular flexibility index (Phi) is 10.3. The number of hydrogen-bond donors (Lipinski definition) is 2. The van der Waals surface area contributed by atoms with E-state index in [2.05, 4.69) is 26.8 Å². The molecule has 1 saturated heterocycles. The third-order valence-electron chi connectivity index (χ3n) is 5.30. The number of nitrogens with one attached hydrogen (secondary N) is 2. The number of rotatable bonds is 10. The molecular formula is C25H26BrN3O5S2. The summed E-state index contributed by atoms with van der Waals surface area (Å²) >= 11 is 9.97. The largest absolute Gasteiger partial charge is 0.493 e. The maximum atomic E-state index is 12.8. The van der Waals surface area contributed by atoms with Crippen LogP contribution in [0.1, 0.15) is 41.6 Å². The van der Waals surface area contributed by atoms with Crippen LogP contribution in [0.3, 0.4) is 0 Å². The van der Waals surface area contributed by atoms with Gasteiger partial charge in [-0.05, 0) is 64.7 Å². The van der Waals surface area contributed by atoms with Crippen molar-refractivity contribution in [2.45, 2.75) is 25.7 Å². The number of carbonyl (C=O) groups is 3. The van der Waals surface area contributed by atoms with Crippen molar-refractivity contribution in [3.63, 3.8) is 0 Å². The molecule has 0 aliphatic carbocycles. The minimum Gasteiger partial charge on any atom is -0.493 e. The molecule has 0 unspecified atom stereocenters. The van der Waals surface area contributed by atoms with E-state index in [-0.39, 0.29) is 18.2 Å². The zero-order chi connectivity index (χ0) is 26.1. The first-order valence-electron chi connectivity index (χ1n) is 11.1. The second-order valence-electron chi connectivity index (χ2n) is 7.74. The van der Waals surface area contributed by atoms with Gasteiger partial charge in [-0.2, -0.15) is 0 Å². The highest BCUT2D eigenvalue weighted by atomic mass is 79.9. The molecule has 0 spiro atoms. The highest BCUT2D eigenvalue weighted by Gasteiger charge is 2.31. The number of hydrogen-bond acceptors (Lipinski definition) is 7. The molecule has 8 nitrogen and oxygen atoms in total. The number of carbonyl (C=O) groups excluding carboxylic acids is 3. The fourth-order valence-electron chi connectivity index (χ4n) is 3.42. The second kappa shape index (κ2) is 13.4. The molecule has 11 heteroatoms. The number of hydrazine groups is 1. The number of halogens is 1. The zero-order valence-electron chi connectivity index (χ0n) is 19.8. The minimum absolute atomic E-state index is 0.132. The predicted molar refractivity (Wildman–Crippen MR) is 148 cm³/mol. The van der Waals surface area contributed by atoms with Gasteiger partial charge in [0.15, 0.2) is 11.5 Å². The van der Waals surface area contributed by atoms with E-state index in [4.69, 9.17) is 21.7 Å². The molecule has 190 valence electrons. The first-order valence-corrected chi connectivity index (χ1v) is 13.2. The van der Waals surface area contributed by atoms with Crippen LogP contribution in [0.5, 0.6) is 11.5 Å². The van der Waals surface area contributed by atoms with Crippen LogP contribution in [0.15, 0.2) is 51.8 Å². The van der Waals surface area contributed by atoms with Crippen molar-refractivity contribution in [3.8, 4) is 11.5 Å². The average Bonchev–Trinajstić information content (AvgIpc) is 3.14. The Morgan fingerprint density at radius 1 is 1.06 bits per heavy atom. The second-order valence-corrected chi connectivity index (χ2v) is 10.3. The lowest BCUT2D eigenvalue weighted by Crippen LogP contribution is -2.41. The maximum absolute atomic E-state index is 12.8. The Labute approximate surface area is 227 Å². The Morgan fingerprint density at radius 3 is 2.53 bits per heavy atom. The molecular weight excluding hydrogens is 566 g/mol. The van der Waals surface area contributed by atoms with Gasteiger partial charge in [0.2, 0.25) is 5.91 Å². The Balaban J connectivity index is 1.41. The van der Waals surface area contributed by atoms with Crippen LogP contribution >= 0.6 is 39.9 Å². The van der Waals surface area contributed by atoms with E-state index in [0.29, 0.717) is 50.1 Å². The quantitative estimate of drug-likeness (QED) is 0.179. The minimum atomic E-state index is -0.397. The van der Waals surface area contributed by atoms with Crippen LogP contribution in [0.2, 0.25) is 0 Å². The molecule has 1 heterocycles. The van der Waals surface area contributed by atoms with Crippen LogP contribution in [0.4, 0.5) is 0 Å². The molecule has 3 rings (SSSR count). The number of amides is 3. The smallest absolute Gasteiger partial charge is 0.270 e. The molecule has 0 radical (unpaired) electrons. The van der Waals surface area contributed by atoms with Crippen LogP contribution < -0.4 is 20.3 Å². The summed E-state index contributed by atoms with van der Waals surface area (Å²) in [5.74, 6) is 0.387. The van der Waals surface area contributed by atoms with E-state index in [9.17, 15) is 14.4 Å². The summed E-state index contributed by atoms with van der Waals surface area (Å²) in [7, 11) is 3.13. The molecule has 1 aliphatic heterocycles. The number of benzene rings is 2. The summed E-state index contributed by atoms with van der Waals surface area (Å²) in [5, 5.41) is 0. The molecule has 0 atom stereocenters. The standard InChI is InChI=1S/C25H26BrN3O5S2/c1-33-19-12-11-16(14-20(19)34-2)15-21-24(32)29(25(35)36-21)13-7-3-4-10-22(30)27-28-23(31)17-8-5-6-9-18(17)26/h5-6,8-9,11-12,14-15H,3-4,7,10,13H2,1-2H3,(H,27,30)(H,28,31)/b21-15-. The van der Waals surface area contributed by atoms with Gasteiger partial charge < -0.3 is 9.47 Å². The normalized spacial score (nSPS) is 14.2. The summed E-state index contributed by atoms with van der Waals surface area (Å²) in [6, 6.07) is 12.4. The topological polar surface area (TPSA) is 97.0 Å². The Bertz CT molecular complexity index is 1190. The van der Waals surface area contributed by atoms with E-state index in [1.54, 1.807) is 61.6 Å². The van der Waals surface area contributed by atoms with Crippen LogP contribution in [-0.2, 0) is 9.59 Å². The van der Waals surface area contributed by atoms with Crippen molar-refractivity contribution < 1.29 is 23.9 Å². The molecule has 0 bridgehead atoms. The number of thiocarbonyl (C=S) groups is 1. The van der Waals surface area contributed by atoms with Crippen molar-refractivity contribution in [3.05, 3.63) is 63.0 Å². The van der Waals surface area contributed by atoms with Gasteiger partial charge >= 0.3 is 0 Å². The Hall–Kier alpha value is -2.89. The van der Waals surface area contributed by atoms with E-state index in [1.165, 1.54) is 11.8 Å².